The first-order valence-corrected chi connectivity index (χ1v) is 5.98. The van der Waals surface area contributed by atoms with E-state index in [0.29, 0.717) is 16.8 Å². The number of aryl methyl sites for hydroxylation is 2. The number of nitrogen functional groups attached to an aromatic ring is 1. The van der Waals surface area contributed by atoms with Gasteiger partial charge in [-0.25, -0.2) is 9.37 Å². The third kappa shape index (κ3) is 1.95. The van der Waals surface area contributed by atoms with Crippen molar-refractivity contribution in [1.29, 1.82) is 0 Å². The number of aromatic nitrogens is 1. The van der Waals surface area contributed by atoms with Crippen molar-refractivity contribution < 1.29 is 8.81 Å². The van der Waals surface area contributed by atoms with E-state index in [9.17, 15) is 4.39 Å². The molecule has 0 amide bonds. The molecule has 0 unspecified atom stereocenters. The van der Waals surface area contributed by atoms with E-state index in [1.54, 1.807) is 12.1 Å². The Kier molecular flexibility index (Phi) is 2.52. The van der Waals surface area contributed by atoms with Crippen LogP contribution in [0.4, 0.5) is 10.1 Å². The summed E-state index contributed by atoms with van der Waals surface area (Å²) >= 11 is 0. The Bertz CT molecular complexity index is 777. The number of nitrogens with zero attached hydrogens (tertiary/aromatic N) is 1. The molecule has 0 bridgehead atoms. The molecule has 0 aliphatic carbocycles. The van der Waals surface area contributed by atoms with E-state index in [-0.39, 0.29) is 5.89 Å². The van der Waals surface area contributed by atoms with E-state index in [0.717, 1.165) is 16.6 Å². The lowest BCUT2D eigenvalue weighted by atomic mass is 10.1. The van der Waals surface area contributed by atoms with Crippen molar-refractivity contribution in [3.8, 4) is 11.5 Å². The second-order valence-electron chi connectivity index (χ2n) is 4.69. The number of fused-ring (bicyclic) bond motifs is 1. The fraction of sp³-hybridized carbons (Fsp3) is 0.133. The molecule has 3 rings (SSSR count). The number of oxazole rings is 1. The average Bonchev–Trinajstić information content (AvgIpc) is 2.72. The highest BCUT2D eigenvalue weighted by Gasteiger charge is 2.14. The van der Waals surface area contributed by atoms with Gasteiger partial charge in [-0.05, 0) is 49.2 Å². The van der Waals surface area contributed by atoms with Gasteiger partial charge in [0, 0.05) is 5.69 Å². The molecule has 0 fully saturated rings. The van der Waals surface area contributed by atoms with Crippen LogP contribution >= 0.6 is 0 Å². The first kappa shape index (κ1) is 11.7. The van der Waals surface area contributed by atoms with Crippen molar-refractivity contribution in [2.75, 3.05) is 5.73 Å². The fourth-order valence-electron chi connectivity index (χ4n) is 2.20. The highest BCUT2D eigenvalue weighted by Crippen LogP contribution is 2.29. The maximum atomic E-state index is 13.9. The molecule has 96 valence electrons. The third-order valence-electron chi connectivity index (χ3n) is 3.04. The summed E-state index contributed by atoms with van der Waals surface area (Å²) in [5, 5.41) is 0. The minimum absolute atomic E-state index is 0.279. The molecule has 0 aliphatic rings. The van der Waals surface area contributed by atoms with Gasteiger partial charge in [0.25, 0.3) is 0 Å². The molecular weight excluding hydrogens is 243 g/mol. The Morgan fingerprint density at radius 3 is 2.68 bits per heavy atom. The van der Waals surface area contributed by atoms with Crippen LogP contribution in [0.5, 0.6) is 0 Å². The summed E-state index contributed by atoms with van der Waals surface area (Å²) in [4.78, 5) is 4.35. The van der Waals surface area contributed by atoms with E-state index < -0.39 is 5.82 Å². The highest BCUT2D eigenvalue weighted by molar-refractivity contribution is 5.80. The van der Waals surface area contributed by atoms with E-state index >= 15 is 0 Å². The zero-order valence-corrected chi connectivity index (χ0v) is 10.7. The van der Waals surface area contributed by atoms with Gasteiger partial charge in [-0.3, -0.25) is 0 Å². The van der Waals surface area contributed by atoms with Gasteiger partial charge in [0.2, 0.25) is 5.89 Å². The van der Waals surface area contributed by atoms with E-state index in [1.165, 1.54) is 6.07 Å². The predicted octanol–water partition coefficient (Wildman–Crippen LogP) is 3.83. The molecule has 19 heavy (non-hydrogen) atoms. The van der Waals surface area contributed by atoms with Crippen molar-refractivity contribution in [3.63, 3.8) is 0 Å². The van der Waals surface area contributed by atoms with Gasteiger partial charge in [0.1, 0.15) is 11.3 Å². The number of hydrogen-bond acceptors (Lipinski definition) is 3. The Labute approximate surface area is 109 Å². The van der Waals surface area contributed by atoms with Crippen molar-refractivity contribution in [1.82, 2.24) is 4.98 Å². The maximum Gasteiger partial charge on any atom is 0.230 e. The number of rotatable bonds is 1. The Morgan fingerprint density at radius 1 is 1.16 bits per heavy atom. The van der Waals surface area contributed by atoms with Crippen LogP contribution in [-0.4, -0.2) is 4.98 Å². The molecule has 0 radical (unpaired) electrons. The summed E-state index contributed by atoms with van der Waals surface area (Å²) in [5.74, 6) is -0.151. The summed E-state index contributed by atoms with van der Waals surface area (Å²) in [6, 6.07) is 8.41. The normalized spacial score (nSPS) is 11.1. The molecule has 1 heterocycles. The largest absolute Gasteiger partial charge is 0.436 e. The highest BCUT2D eigenvalue weighted by atomic mass is 19.1. The van der Waals surface area contributed by atoms with Crippen LogP contribution in [0.1, 0.15) is 11.1 Å². The fourth-order valence-corrected chi connectivity index (χ4v) is 2.20. The summed E-state index contributed by atoms with van der Waals surface area (Å²) in [7, 11) is 0. The van der Waals surface area contributed by atoms with Gasteiger partial charge in [-0.15, -0.1) is 0 Å². The quantitative estimate of drug-likeness (QED) is 0.673. The lowest BCUT2D eigenvalue weighted by Gasteiger charge is -1.99. The number of anilines is 1. The van der Waals surface area contributed by atoms with Crippen LogP contribution in [0.2, 0.25) is 0 Å². The minimum Gasteiger partial charge on any atom is -0.436 e. The first-order valence-electron chi connectivity index (χ1n) is 5.98. The summed E-state index contributed by atoms with van der Waals surface area (Å²) in [6.07, 6.45) is 0. The number of benzene rings is 2. The van der Waals surface area contributed by atoms with E-state index in [2.05, 4.69) is 4.98 Å². The SMILES string of the molecule is Cc1cc(C)c2oc(-c3ccc(N)cc3F)nc2c1. The van der Waals surface area contributed by atoms with Gasteiger partial charge in [-0.2, -0.15) is 0 Å². The second kappa shape index (κ2) is 4.09. The standard InChI is InChI=1S/C15H13FN2O/c1-8-5-9(2)14-13(6-8)18-15(19-14)11-4-3-10(17)7-12(11)16/h3-7H,17H2,1-2H3. The van der Waals surface area contributed by atoms with Crippen molar-refractivity contribution in [3.05, 3.63) is 47.3 Å². The van der Waals surface area contributed by atoms with Crippen LogP contribution in [-0.2, 0) is 0 Å². The molecule has 0 atom stereocenters. The number of halogens is 1. The minimum atomic E-state index is -0.430. The van der Waals surface area contributed by atoms with Crippen LogP contribution < -0.4 is 5.73 Å². The van der Waals surface area contributed by atoms with E-state index in [1.807, 2.05) is 26.0 Å². The molecule has 3 aromatic rings. The molecule has 1 aromatic heterocycles. The molecule has 4 heteroatoms. The molecule has 0 saturated heterocycles. The lowest BCUT2D eigenvalue weighted by Crippen LogP contribution is -1.89. The topological polar surface area (TPSA) is 52.0 Å². The Balaban J connectivity index is 2.23. The van der Waals surface area contributed by atoms with Gasteiger partial charge < -0.3 is 10.2 Å². The molecular formula is C15H13FN2O. The molecule has 2 N–H and O–H groups in total. The molecule has 0 aliphatic heterocycles. The third-order valence-corrected chi connectivity index (χ3v) is 3.04. The van der Waals surface area contributed by atoms with Gasteiger partial charge in [0.05, 0.1) is 5.56 Å². The van der Waals surface area contributed by atoms with Gasteiger partial charge in [-0.1, -0.05) is 6.07 Å². The lowest BCUT2D eigenvalue weighted by molar-refractivity contribution is 0.592. The number of nitrogens with two attached hydrogens (primary N) is 1. The van der Waals surface area contributed by atoms with Crippen LogP contribution in [0.15, 0.2) is 34.7 Å². The zero-order chi connectivity index (χ0) is 13.6. The molecule has 2 aromatic carbocycles. The summed E-state index contributed by atoms with van der Waals surface area (Å²) in [6.45, 7) is 3.94. The van der Waals surface area contributed by atoms with Crippen molar-refractivity contribution >= 4 is 16.8 Å². The number of hydrogen-bond donors (Lipinski definition) is 1. The van der Waals surface area contributed by atoms with E-state index in [4.69, 9.17) is 10.2 Å². The molecule has 0 spiro atoms. The van der Waals surface area contributed by atoms with Crippen LogP contribution in [0, 0.1) is 19.7 Å². The molecule has 3 nitrogen and oxygen atoms in total. The monoisotopic (exact) mass is 256 g/mol. The first-order chi connectivity index (χ1) is 9.04. The Hall–Kier alpha value is -2.36. The van der Waals surface area contributed by atoms with Crippen molar-refractivity contribution in [2.45, 2.75) is 13.8 Å². The smallest absolute Gasteiger partial charge is 0.230 e. The average molecular weight is 256 g/mol. The zero-order valence-electron chi connectivity index (χ0n) is 10.7. The van der Waals surface area contributed by atoms with Gasteiger partial charge >= 0.3 is 0 Å². The molecule has 0 saturated carbocycles. The van der Waals surface area contributed by atoms with Gasteiger partial charge in [0.15, 0.2) is 5.58 Å². The van der Waals surface area contributed by atoms with Crippen LogP contribution in [0.3, 0.4) is 0 Å². The predicted molar refractivity (Wildman–Crippen MR) is 73.3 cm³/mol. The maximum absolute atomic E-state index is 13.9. The van der Waals surface area contributed by atoms with Crippen molar-refractivity contribution in [2.24, 2.45) is 0 Å². The summed E-state index contributed by atoms with van der Waals surface area (Å²) in [5.41, 5.74) is 9.76. The Morgan fingerprint density at radius 2 is 1.95 bits per heavy atom. The summed E-state index contributed by atoms with van der Waals surface area (Å²) < 4.78 is 19.5. The second-order valence-corrected chi connectivity index (χ2v) is 4.69. The van der Waals surface area contributed by atoms with Crippen LogP contribution in [0.25, 0.3) is 22.6 Å².